The number of hydrogen-bond donors (Lipinski definition) is 2. The van der Waals surface area contributed by atoms with Gasteiger partial charge >= 0.3 is 0 Å². The molecule has 1 saturated heterocycles. The molecule has 0 unspecified atom stereocenters. The lowest BCUT2D eigenvalue weighted by Gasteiger charge is -2.24. The molecule has 4 nitrogen and oxygen atoms in total. The fourth-order valence-electron chi connectivity index (χ4n) is 1.86. The van der Waals surface area contributed by atoms with Gasteiger partial charge in [-0.3, -0.25) is 9.59 Å². The van der Waals surface area contributed by atoms with Crippen LogP contribution in [0.25, 0.3) is 0 Å². The van der Waals surface area contributed by atoms with E-state index in [0.29, 0.717) is 12.8 Å². The predicted molar refractivity (Wildman–Crippen MR) is 74.6 cm³/mol. The largest absolute Gasteiger partial charge is 0.355 e. The number of para-hydroxylation sites is 1. The molecule has 100 valence electrons. The minimum absolute atomic E-state index is 0.0113. The van der Waals surface area contributed by atoms with Crippen molar-refractivity contribution in [2.24, 2.45) is 5.92 Å². The highest BCUT2D eigenvalue weighted by Crippen LogP contribution is 2.11. The Morgan fingerprint density at radius 1 is 1.32 bits per heavy atom. The van der Waals surface area contributed by atoms with E-state index in [1.165, 1.54) is 0 Å². The first-order chi connectivity index (χ1) is 9.25. The number of carbonyl (C=O) groups excluding carboxylic acids is 2. The van der Waals surface area contributed by atoms with Crippen LogP contribution in [0.1, 0.15) is 19.3 Å². The molecule has 0 saturated carbocycles. The number of anilines is 1. The number of hydrogen-bond acceptors (Lipinski definition) is 2. The first-order valence-electron chi connectivity index (χ1n) is 6.53. The molecule has 1 aliphatic heterocycles. The number of β-lactam (4-membered cyclic amide) rings is 1. The minimum atomic E-state index is 0.0113. The van der Waals surface area contributed by atoms with Gasteiger partial charge < -0.3 is 10.6 Å². The second kappa shape index (κ2) is 6.73. The van der Waals surface area contributed by atoms with Gasteiger partial charge in [-0.05, 0) is 25.0 Å². The van der Waals surface area contributed by atoms with Gasteiger partial charge in [-0.15, -0.1) is 0 Å². The summed E-state index contributed by atoms with van der Waals surface area (Å²) in [5, 5.41) is 5.54. The molecular formula is C15H18N2O2. The van der Waals surface area contributed by atoms with Crippen LogP contribution in [0.3, 0.4) is 0 Å². The maximum atomic E-state index is 11.6. The Hall–Kier alpha value is -2.10. The van der Waals surface area contributed by atoms with Crippen molar-refractivity contribution in [1.82, 2.24) is 5.32 Å². The van der Waals surface area contributed by atoms with Crippen LogP contribution in [0, 0.1) is 5.92 Å². The molecule has 1 fully saturated rings. The van der Waals surface area contributed by atoms with Crippen molar-refractivity contribution in [3.05, 3.63) is 42.5 Å². The van der Waals surface area contributed by atoms with E-state index < -0.39 is 0 Å². The molecule has 0 aliphatic carbocycles. The van der Waals surface area contributed by atoms with Gasteiger partial charge in [0.2, 0.25) is 11.8 Å². The van der Waals surface area contributed by atoms with Crippen LogP contribution in [0.5, 0.6) is 0 Å². The fourth-order valence-corrected chi connectivity index (χ4v) is 1.86. The van der Waals surface area contributed by atoms with Gasteiger partial charge in [0, 0.05) is 18.7 Å². The molecule has 1 atom stereocenters. The average Bonchev–Trinajstić information content (AvgIpc) is 2.42. The van der Waals surface area contributed by atoms with Crippen molar-refractivity contribution in [3.8, 4) is 0 Å². The highest BCUT2D eigenvalue weighted by molar-refractivity contribution is 5.90. The van der Waals surface area contributed by atoms with E-state index in [1.807, 2.05) is 42.5 Å². The van der Waals surface area contributed by atoms with Gasteiger partial charge in [0.05, 0.1) is 5.92 Å². The average molecular weight is 258 g/mol. The fraction of sp³-hybridized carbons (Fsp3) is 0.333. The number of amides is 2. The van der Waals surface area contributed by atoms with Gasteiger partial charge in [-0.2, -0.15) is 0 Å². The zero-order valence-corrected chi connectivity index (χ0v) is 10.8. The van der Waals surface area contributed by atoms with E-state index in [4.69, 9.17) is 0 Å². The molecule has 0 bridgehead atoms. The zero-order chi connectivity index (χ0) is 13.5. The predicted octanol–water partition coefficient (Wildman–Crippen LogP) is 2.10. The Labute approximate surface area is 112 Å². The van der Waals surface area contributed by atoms with E-state index in [1.54, 1.807) is 0 Å². The first kappa shape index (κ1) is 13.3. The summed E-state index contributed by atoms with van der Waals surface area (Å²) in [4.78, 5) is 22.6. The quantitative estimate of drug-likeness (QED) is 0.606. The van der Waals surface area contributed by atoms with Crippen LogP contribution < -0.4 is 10.6 Å². The van der Waals surface area contributed by atoms with Gasteiger partial charge in [-0.25, -0.2) is 0 Å². The molecule has 1 aromatic rings. The molecular weight excluding hydrogens is 240 g/mol. The Kier molecular flexibility index (Phi) is 4.72. The normalized spacial score (nSPS) is 17.9. The zero-order valence-electron chi connectivity index (χ0n) is 10.8. The summed E-state index contributed by atoms with van der Waals surface area (Å²) in [6.45, 7) is 0.775. The van der Waals surface area contributed by atoms with Crippen molar-refractivity contribution in [2.75, 3.05) is 11.9 Å². The molecule has 0 aromatic heterocycles. The van der Waals surface area contributed by atoms with Crippen LogP contribution in [0.4, 0.5) is 5.69 Å². The van der Waals surface area contributed by atoms with Crippen LogP contribution in [0.2, 0.25) is 0 Å². The number of rotatable bonds is 6. The summed E-state index contributed by atoms with van der Waals surface area (Å²) in [5.41, 5.74) is 0.822. The molecule has 0 spiro atoms. The van der Waals surface area contributed by atoms with E-state index >= 15 is 0 Å². The van der Waals surface area contributed by atoms with Crippen LogP contribution in [0.15, 0.2) is 42.5 Å². The summed E-state index contributed by atoms with van der Waals surface area (Å²) in [6.07, 6.45) is 5.89. The number of allylic oxidation sites excluding steroid dienone is 2. The SMILES string of the molecule is O=C(CC/C=C\C[C@H]1CNC1=O)Nc1ccccc1. The molecule has 19 heavy (non-hydrogen) atoms. The van der Waals surface area contributed by atoms with Crippen molar-refractivity contribution in [1.29, 1.82) is 0 Å². The Morgan fingerprint density at radius 3 is 2.74 bits per heavy atom. The Balaban J connectivity index is 1.61. The van der Waals surface area contributed by atoms with Crippen LogP contribution in [-0.2, 0) is 9.59 Å². The third-order valence-electron chi connectivity index (χ3n) is 3.08. The standard InChI is InChI=1S/C15H18N2O2/c18-14(17-13-8-4-2-5-9-13)10-6-1-3-7-12-11-16-15(12)19/h1-5,8-9,12H,6-7,10-11H2,(H,16,19)(H,17,18)/b3-1-/t12-/m0/s1. The molecule has 1 aromatic carbocycles. The number of carbonyl (C=O) groups is 2. The highest BCUT2D eigenvalue weighted by atomic mass is 16.2. The summed E-state index contributed by atoms with van der Waals surface area (Å²) in [5.74, 6) is 0.276. The Bertz CT molecular complexity index is 468. The van der Waals surface area contributed by atoms with Crippen molar-refractivity contribution in [3.63, 3.8) is 0 Å². The van der Waals surface area contributed by atoms with Gasteiger partial charge in [0.1, 0.15) is 0 Å². The van der Waals surface area contributed by atoms with Crippen molar-refractivity contribution < 1.29 is 9.59 Å². The second-order valence-electron chi connectivity index (χ2n) is 4.60. The maximum absolute atomic E-state index is 11.6. The monoisotopic (exact) mass is 258 g/mol. The van der Waals surface area contributed by atoms with E-state index in [0.717, 1.165) is 18.7 Å². The summed E-state index contributed by atoms with van der Waals surface area (Å²) < 4.78 is 0. The number of benzene rings is 1. The van der Waals surface area contributed by atoms with E-state index in [-0.39, 0.29) is 17.7 Å². The molecule has 2 rings (SSSR count). The smallest absolute Gasteiger partial charge is 0.225 e. The molecule has 2 N–H and O–H groups in total. The van der Waals surface area contributed by atoms with Crippen LogP contribution >= 0.6 is 0 Å². The molecule has 1 aliphatic rings. The van der Waals surface area contributed by atoms with Crippen molar-refractivity contribution in [2.45, 2.75) is 19.3 Å². The minimum Gasteiger partial charge on any atom is -0.355 e. The summed E-state index contributed by atoms with van der Waals surface area (Å²) in [6, 6.07) is 9.42. The van der Waals surface area contributed by atoms with Gasteiger partial charge in [-0.1, -0.05) is 30.4 Å². The molecule has 0 radical (unpaired) electrons. The highest BCUT2D eigenvalue weighted by Gasteiger charge is 2.25. The summed E-state index contributed by atoms with van der Waals surface area (Å²) in [7, 11) is 0. The second-order valence-corrected chi connectivity index (χ2v) is 4.60. The molecule has 4 heteroatoms. The van der Waals surface area contributed by atoms with Crippen molar-refractivity contribution >= 4 is 17.5 Å². The third kappa shape index (κ3) is 4.25. The lowest BCUT2D eigenvalue weighted by molar-refractivity contribution is -0.130. The lowest BCUT2D eigenvalue weighted by Crippen LogP contribution is -2.48. The maximum Gasteiger partial charge on any atom is 0.225 e. The Morgan fingerprint density at radius 2 is 2.11 bits per heavy atom. The topological polar surface area (TPSA) is 58.2 Å². The third-order valence-corrected chi connectivity index (χ3v) is 3.08. The van der Waals surface area contributed by atoms with Gasteiger partial charge in [0.15, 0.2) is 0 Å². The first-order valence-corrected chi connectivity index (χ1v) is 6.53. The van der Waals surface area contributed by atoms with E-state index in [2.05, 4.69) is 10.6 Å². The van der Waals surface area contributed by atoms with Gasteiger partial charge in [0.25, 0.3) is 0 Å². The number of nitrogens with one attached hydrogen (secondary N) is 2. The molecule has 2 amide bonds. The molecule has 1 heterocycles. The van der Waals surface area contributed by atoms with E-state index in [9.17, 15) is 9.59 Å². The summed E-state index contributed by atoms with van der Waals surface area (Å²) >= 11 is 0. The van der Waals surface area contributed by atoms with Crippen LogP contribution in [-0.4, -0.2) is 18.4 Å². The lowest BCUT2D eigenvalue weighted by atomic mass is 9.98.